The van der Waals surface area contributed by atoms with E-state index in [2.05, 4.69) is 5.32 Å². The average Bonchev–Trinajstić information content (AvgIpc) is 2.65. The minimum atomic E-state index is 0. The Kier molecular flexibility index (Phi) is 4.52. The SMILES string of the molecule is CNCCOc1ccc2c(c1)OCO2.Cl. The van der Waals surface area contributed by atoms with E-state index in [1.54, 1.807) is 0 Å². The molecule has 0 radical (unpaired) electrons. The number of ether oxygens (including phenoxy) is 3. The molecule has 1 aromatic carbocycles. The van der Waals surface area contributed by atoms with Crippen molar-refractivity contribution < 1.29 is 14.2 Å². The number of hydrogen-bond donors (Lipinski definition) is 1. The van der Waals surface area contributed by atoms with Crippen molar-refractivity contribution in [1.82, 2.24) is 5.32 Å². The number of fused-ring (bicyclic) bond motifs is 1. The predicted molar refractivity (Wildman–Crippen MR) is 59.2 cm³/mol. The topological polar surface area (TPSA) is 39.7 Å². The first kappa shape index (κ1) is 11.9. The van der Waals surface area contributed by atoms with Gasteiger partial charge < -0.3 is 19.5 Å². The number of nitrogens with one attached hydrogen (secondary N) is 1. The van der Waals surface area contributed by atoms with Crippen molar-refractivity contribution in [3.8, 4) is 17.2 Å². The molecule has 1 aromatic rings. The summed E-state index contributed by atoms with van der Waals surface area (Å²) in [5, 5.41) is 3.01. The van der Waals surface area contributed by atoms with Crippen LogP contribution in [0.15, 0.2) is 18.2 Å². The van der Waals surface area contributed by atoms with Gasteiger partial charge in [0.05, 0.1) is 0 Å². The van der Waals surface area contributed by atoms with Crippen LogP contribution in [0, 0.1) is 0 Å². The Balaban J connectivity index is 0.00000112. The summed E-state index contributed by atoms with van der Waals surface area (Å²) >= 11 is 0. The van der Waals surface area contributed by atoms with Crippen LogP contribution in [0.1, 0.15) is 0 Å². The molecule has 0 aromatic heterocycles. The predicted octanol–water partition coefficient (Wildman–Crippen LogP) is 1.44. The number of halogens is 1. The zero-order valence-corrected chi connectivity index (χ0v) is 9.30. The molecule has 1 aliphatic rings. The summed E-state index contributed by atoms with van der Waals surface area (Å²) in [6, 6.07) is 5.58. The second-order valence-electron chi connectivity index (χ2n) is 2.97. The Labute approximate surface area is 94.9 Å². The lowest BCUT2D eigenvalue weighted by Gasteiger charge is -2.05. The first-order valence-electron chi connectivity index (χ1n) is 4.57. The van der Waals surface area contributed by atoms with Gasteiger partial charge in [-0.3, -0.25) is 0 Å². The highest BCUT2D eigenvalue weighted by molar-refractivity contribution is 5.85. The van der Waals surface area contributed by atoms with Crippen molar-refractivity contribution >= 4 is 12.4 Å². The smallest absolute Gasteiger partial charge is 0.231 e. The van der Waals surface area contributed by atoms with Gasteiger partial charge in [-0.25, -0.2) is 0 Å². The van der Waals surface area contributed by atoms with Crippen LogP contribution in [0.5, 0.6) is 17.2 Å². The van der Waals surface area contributed by atoms with E-state index in [0.717, 1.165) is 23.8 Å². The molecule has 84 valence electrons. The van der Waals surface area contributed by atoms with Crippen LogP contribution in [-0.2, 0) is 0 Å². The third kappa shape index (κ3) is 2.91. The number of likely N-dealkylation sites (N-methyl/N-ethyl adjacent to an activating group) is 1. The van der Waals surface area contributed by atoms with Crippen molar-refractivity contribution in [2.75, 3.05) is 27.0 Å². The molecule has 4 nitrogen and oxygen atoms in total. The largest absolute Gasteiger partial charge is 0.492 e. The quantitative estimate of drug-likeness (QED) is 0.796. The maximum atomic E-state index is 5.47. The van der Waals surface area contributed by atoms with Crippen molar-refractivity contribution in [3.63, 3.8) is 0 Å². The minimum absolute atomic E-state index is 0. The number of benzene rings is 1. The molecule has 0 amide bonds. The molecule has 0 atom stereocenters. The van der Waals surface area contributed by atoms with Gasteiger partial charge in [0.15, 0.2) is 11.5 Å². The molecule has 0 bridgehead atoms. The van der Waals surface area contributed by atoms with Crippen LogP contribution in [-0.4, -0.2) is 27.0 Å². The Bertz CT molecular complexity index is 320. The first-order chi connectivity index (χ1) is 6.90. The average molecular weight is 232 g/mol. The highest BCUT2D eigenvalue weighted by Crippen LogP contribution is 2.34. The van der Waals surface area contributed by atoms with Crippen molar-refractivity contribution in [1.29, 1.82) is 0 Å². The second-order valence-corrected chi connectivity index (χ2v) is 2.97. The molecular formula is C10H14ClNO3. The second kappa shape index (κ2) is 5.68. The summed E-state index contributed by atoms with van der Waals surface area (Å²) in [6.07, 6.45) is 0. The summed E-state index contributed by atoms with van der Waals surface area (Å²) < 4.78 is 15.9. The zero-order valence-electron chi connectivity index (χ0n) is 8.49. The zero-order chi connectivity index (χ0) is 9.80. The van der Waals surface area contributed by atoms with Crippen LogP contribution in [0.4, 0.5) is 0 Å². The van der Waals surface area contributed by atoms with Gasteiger partial charge in [-0.1, -0.05) is 0 Å². The molecule has 1 heterocycles. The Morgan fingerprint density at radius 3 is 2.93 bits per heavy atom. The maximum absolute atomic E-state index is 5.47. The Hall–Kier alpha value is -1.13. The third-order valence-corrected chi connectivity index (χ3v) is 1.96. The van der Waals surface area contributed by atoms with Gasteiger partial charge in [0.1, 0.15) is 12.4 Å². The van der Waals surface area contributed by atoms with E-state index >= 15 is 0 Å². The van der Waals surface area contributed by atoms with Crippen LogP contribution >= 0.6 is 12.4 Å². The Morgan fingerprint density at radius 1 is 1.33 bits per heavy atom. The van der Waals surface area contributed by atoms with Gasteiger partial charge in [-0.2, -0.15) is 0 Å². The lowest BCUT2D eigenvalue weighted by Crippen LogP contribution is -2.15. The summed E-state index contributed by atoms with van der Waals surface area (Å²) in [4.78, 5) is 0. The van der Waals surface area contributed by atoms with Crippen molar-refractivity contribution in [2.45, 2.75) is 0 Å². The highest BCUT2D eigenvalue weighted by atomic mass is 35.5. The van der Waals surface area contributed by atoms with E-state index in [1.165, 1.54) is 0 Å². The Morgan fingerprint density at radius 2 is 2.13 bits per heavy atom. The fourth-order valence-electron chi connectivity index (χ4n) is 1.24. The molecule has 1 aliphatic heterocycles. The number of hydrogen-bond acceptors (Lipinski definition) is 4. The molecule has 0 saturated carbocycles. The van der Waals surface area contributed by atoms with Crippen LogP contribution in [0.3, 0.4) is 0 Å². The van der Waals surface area contributed by atoms with Gasteiger partial charge >= 0.3 is 0 Å². The molecule has 0 aliphatic carbocycles. The molecule has 0 saturated heterocycles. The lowest BCUT2D eigenvalue weighted by molar-refractivity contribution is 0.173. The minimum Gasteiger partial charge on any atom is -0.492 e. The maximum Gasteiger partial charge on any atom is 0.231 e. The summed E-state index contributed by atoms with van der Waals surface area (Å²) in [6.45, 7) is 1.78. The van der Waals surface area contributed by atoms with Gasteiger partial charge in [0, 0.05) is 12.6 Å². The summed E-state index contributed by atoms with van der Waals surface area (Å²) in [5.41, 5.74) is 0. The van der Waals surface area contributed by atoms with Crippen molar-refractivity contribution in [3.05, 3.63) is 18.2 Å². The molecule has 15 heavy (non-hydrogen) atoms. The summed E-state index contributed by atoms with van der Waals surface area (Å²) in [5.74, 6) is 2.35. The monoisotopic (exact) mass is 231 g/mol. The van der Waals surface area contributed by atoms with E-state index in [9.17, 15) is 0 Å². The fraction of sp³-hybridized carbons (Fsp3) is 0.400. The molecule has 0 fully saturated rings. The van der Waals surface area contributed by atoms with Gasteiger partial charge in [-0.15, -0.1) is 12.4 Å². The number of rotatable bonds is 4. The molecule has 0 spiro atoms. The van der Waals surface area contributed by atoms with Crippen molar-refractivity contribution in [2.24, 2.45) is 0 Å². The molecule has 5 heteroatoms. The molecular weight excluding hydrogens is 218 g/mol. The fourth-order valence-corrected chi connectivity index (χ4v) is 1.24. The highest BCUT2D eigenvalue weighted by Gasteiger charge is 2.13. The molecule has 1 N–H and O–H groups in total. The lowest BCUT2D eigenvalue weighted by atomic mass is 10.3. The van der Waals surface area contributed by atoms with Crippen LogP contribution < -0.4 is 19.5 Å². The van der Waals surface area contributed by atoms with Gasteiger partial charge in [-0.05, 0) is 19.2 Å². The van der Waals surface area contributed by atoms with Gasteiger partial charge in [0.2, 0.25) is 6.79 Å². The molecule has 0 unspecified atom stereocenters. The van der Waals surface area contributed by atoms with Gasteiger partial charge in [0.25, 0.3) is 0 Å². The van der Waals surface area contributed by atoms with E-state index in [1.807, 2.05) is 25.2 Å². The summed E-state index contributed by atoms with van der Waals surface area (Å²) in [7, 11) is 1.89. The first-order valence-corrected chi connectivity index (χ1v) is 4.57. The standard InChI is InChI=1S/C10H13NO3.ClH/c1-11-4-5-12-8-2-3-9-10(6-8)14-7-13-9;/h2-3,6,11H,4-5,7H2,1H3;1H. The molecule has 2 rings (SSSR count). The van der Waals surface area contributed by atoms with E-state index < -0.39 is 0 Å². The van der Waals surface area contributed by atoms with E-state index in [-0.39, 0.29) is 12.4 Å². The van der Waals surface area contributed by atoms with Crippen LogP contribution in [0.2, 0.25) is 0 Å². The normalized spacial score (nSPS) is 12.1. The van der Waals surface area contributed by atoms with E-state index in [4.69, 9.17) is 14.2 Å². The third-order valence-electron chi connectivity index (χ3n) is 1.96. The van der Waals surface area contributed by atoms with Crippen LogP contribution in [0.25, 0.3) is 0 Å². The van der Waals surface area contributed by atoms with E-state index in [0.29, 0.717) is 13.4 Å².